The van der Waals surface area contributed by atoms with E-state index in [4.69, 9.17) is 14.5 Å². The number of rotatable bonds is 4. The molecule has 3 aliphatic heterocycles. The maximum Gasteiger partial charge on any atom is 0.231 e. The number of carbonyl (C=O) groups excluding carboxylic acids is 1. The zero-order chi connectivity index (χ0) is 22.2. The summed E-state index contributed by atoms with van der Waals surface area (Å²) in [6, 6.07) is 10.1. The molecular weight excluding hydrogens is 438 g/mol. The Hall–Kier alpha value is -2.91. The van der Waals surface area contributed by atoms with Crippen LogP contribution in [0, 0.1) is 5.92 Å². The molecule has 3 aromatic rings. The fourth-order valence-corrected chi connectivity index (χ4v) is 5.87. The molecule has 5 heterocycles. The molecule has 2 aromatic heterocycles. The number of thiazole rings is 1. The summed E-state index contributed by atoms with van der Waals surface area (Å²) in [5.41, 5.74) is 2.15. The van der Waals surface area contributed by atoms with E-state index in [-0.39, 0.29) is 5.92 Å². The minimum absolute atomic E-state index is 0.0409. The van der Waals surface area contributed by atoms with E-state index in [9.17, 15) is 4.79 Å². The number of piperidine rings is 1. The fourth-order valence-electron chi connectivity index (χ4n) is 4.93. The van der Waals surface area contributed by atoms with Gasteiger partial charge >= 0.3 is 0 Å². The molecule has 0 radical (unpaired) electrons. The molecule has 9 heteroatoms. The number of fused-ring (bicyclic) bond motifs is 2. The van der Waals surface area contributed by atoms with E-state index in [2.05, 4.69) is 31.8 Å². The summed E-state index contributed by atoms with van der Waals surface area (Å²) in [7, 11) is 0. The summed E-state index contributed by atoms with van der Waals surface area (Å²) >= 11 is 1.62. The highest BCUT2D eigenvalue weighted by Gasteiger charge is 2.32. The van der Waals surface area contributed by atoms with Crippen molar-refractivity contribution in [2.45, 2.75) is 19.4 Å². The lowest BCUT2D eigenvalue weighted by atomic mass is 9.96. The first-order chi connectivity index (χ1) is 16.2. The van der Waals surface area contributed by atoms with Gasteiger partial charge in [-0.05, 0) is 42.7 Å². The maximum absolute atomic E-state index is 13.3. The molecule has 6 rings (SSSR count). The number of amides is 1. The molecule has 3 aliphatic rings. The average Bonchev–Trinajstić information content (AvgIpc) is 3.51. The van der Waals surface area contributed by atoms with E-state index >= 15 is 0 Å². The summed E-state index contributed by atoms with van der Waals surface area (Å²) < 4.78 is 10.9. The highest BCUT2D eigenvalue weighted by atomic mass is 32.1. The monoisotopic (exact) mass is 465 g/mol. The van der Waals surface area contributed by atoms with Crippen LogP contribution >= 0.6 is 11.3 Å². The van der Waals surface area contributed by atoms with Gasteiger partial charge in [0.2, 0.25) is 12.7 Å². The molecule has 33 heavy (non-hydrogen) atoms. The number of nitrogens with zero attached hydrogens (tertiary/aromatic N) is 5. The highest BCUT2D eigenvalue weighted by molar-refractivity contribution is 7.21. The Morgan fingerprint density at radius 2 is 1.97 bits per heavy atom. The standard InChI is InChI=1S/C24H27N5O3S/c30-23(18-3-2-8-29(15-18)24-26-19-4-1-7-25-22(19)33-24)28-11-9-27(10-12-28)14-17-5-6-20-21(13-17)32-16-31-20/h1,4-7,13,18H,2-3,8-12,14-16H2. The number of hydrogen-bond donors (Lipinski definition) is 0. The van der Waals surface area contributed by atoms with Gasteiger partial charge in [0.25, 0.3) is 0 Å². The van der Waals surface area contributed by atoms with Gasteiger partial charge in [-0.1, -0.05) is 17.4 Å². The zero-order valence-corrected chi connectivity index (χ0v) is 19.3. The van der Waals surface area contributed by atoms with Crippen LogP contribution in [0.15, 0.2) is 36.5 Å². The largest absolute Gasteiger partial charge is 0.454 e. The van der Waals surface area contributed by atoms with Gasteiger partial charge in [0.05, 0.1) is 5.92 Å². The van der Waals surface area contributed by atoms with Gasteiger partial charge in [-0.2, -0.15) is 0 Å². The number of carbonyl (C=O) groups is 1. The van der Waals surface area contributed by atoms with Gasteiger partial charge in [0, 0.05) is 52.0 Å². The summed E-state index contributed by atoms with van der Waals surface area (Å²) in [6.45, 7) is 6.20. The van der Waals surface area contributed by atoms with Crippen LogP contribution in [-0.4, -0.2) is 71.7 Å². The first-order valence-electron chi connectivity index (χ1n) is 11.6. The molecule has 0 bridgehead atoms. The van der Waals surface area contributed by atoms with Crippen molar-refractivity contribution in [1.29, 1.82) is 0 Å². The molecule has 0 aliphatic carbocycles. The van der Waals surface area contributed by atoms with Gasteiger partial charge in [0.1, 0.15) is 10.3 Å². The second-order valence-corrected chi connectivity index (χ2v) is 9.85. The van der Waals surface area contributed by atoms with Gasteiger partial charge in [-0.3, -0.25) is 9.69 Å². The maximum atomic E-state index is 13.3. The van der Waals surface area contributed by atoms with Gasteiger partial charge in [-0.25, -0.2) is 9.97 Å². The minimum atomic E-state index is 0.0409. The highest BCUT2D eigenvalue weighted by Crippen LogP contribution is 2.33. The van der Waals surface area contributed by atoms with Crippen molar-refractivity contribution in [1.82, 2.24) is 19.8 Å². The smallest absolute Gasteiger partial charge is 0.231 e. The van der Waals surface area contributed by atoms with Gasteiger partial charge in [0.15, 0.2) is 16.6 Å². The van der Waals surface area contributed by atoms with Crippen molar-refractivity contribution < 1.29 is 14.3 Å². The SMILES string of the molecule is O=C(C1CCCN(c2nc3cccnc3s2)C1)N1CCN(Cc2ccc3c(c2)OCO3)CC1. The van der Waals surface area contributed by atoms with Crippen molar-refractivity contribution in [2.24, 2.45) is 5.92 Å². The van der Waals surface area contributed by atoms with E-state index in [1.165, 1.54) is 5.56 Å². The van der Waals surface area contributed by atoms with Crippen LogP contribution in [-0.2, 0) is 11.3 Å². The molecule has 0 saturated carbocycles. The molecule has 2 fully saturated rings. The Bertz CT molecular complexity index is 1130. The van der Waals surface area contributed by atoms with Crippen LogP contribution in [0.1, 0.15) is 18.4 Å². The van der Waals surface area contributed by atoms with Crippen molar-refractivity contribution in [2.75, 3.05) is 51.0 Å². The van der Waals surface area contributed by atoms with Crippen molar-refractivity contribution in [3.8, 4) is 11.5 Å². The normalized spacial score (nSPS) is 21.0. The number of aromatic nitrogens is 2. The molecule has 1 unspecified atom stereocenters. The molecule has 1 amide bonds. The minimum Gasteiger partial charge on any atom is -0.454 e. The Kier molecular flexibility index (Phi) is 5.51. The number of benzene rings is 1. The van der Waals surface area contributed by atoms with Crippen LogP contribution in [0.5, 0.6) is 11.5 Å². The summed E-state index contributed by atoms with van der Waals surface area (Å²) in [5.74, 6) is 1.98. The molecule has 0 spiro atoms. The van der Waals surface area contributed by atoms with Crippen LogP contribution in [0.2, 0.25) is 0 Å². The van der Waals surface area contributed by atoms with Crippen LogP contribution < -0.4 is 14.4 Å². The second kappa shape index (κ2) is 8.79. The Labute approximate surface area is 196 Å². The van der Waals surface area contributed by atoms with Gasteiger partial charge in [-0.15, -0.1) is 0 Å². The molecular formula is C24H27N5O3S. The fraction of sp³-hybridized carbons (Fsp3) is 0.458. The molecule has 1 atom stereocenters. The quantitative estimate of drug-likeness (QED) is 0.587. The van der Waals surface area contributed by atoms with E-state index in [0.717, 1.165) is 85.6 Å². The van der Waals surface area contributed by atoms with E-state index in [1.807, 2.05) is 18.2 Å². The number of ether oxygens (including phenoxy) is 2. The number of piperazine rings is 1. The van der Waals surface area contributed by atoms with Crippen molar-refractivity contribution in [3.63, 3.8) is 0 Å². The predicted molar refractivity (Wildman–Crippen MR) is 127 cm³/mol. The lowest BCUT2D eigenvalue weighted by Crippen LogP contribution is -2.52. The third kappa shape index (κ3) is 4.22. The van der Waals surface area contributed by atoms with Gasteiger partial charge < -0.3 is 19.3 Å². The zero-order valence-electron chi connectivity index (χ0n) is 18.5. The van der Waals surface area contributed by atoms with Crippen molar-refractivity contribution in [3.05, 3.63) is 42.1 Å². The van der Waals surface area contributed by atoms with Crippen LogP contribution in [0.25, 0.3) is 10.3 Å². The second-order valence-electron chi connectivity index (χ2n) is 8.90. The first kappa shape index (κ1) is 20.7. The number of pyridine rings is 1. The number of hydrogen-bond acceptors (Lipinski definition) is 8. The Morgan fingerprint density at radius 3 is 2.85 bits per heavy atom. The molecule has 1 aromatic carbocycles. The lowest BCUT2D eigenvalue weighted by molar-refractivity contribution is -0.137. The van der Waals surface area contributed by atoms with Crippen molar-refractivity contribution >= 4 is 32.7 Å². The van der Waals surface area contributed by atoms with Crippen LogP contribution in [0.4, 0.5) is 5.13 Å². The first-order valence-corrected chi connectivity index (χ1v) is 12.4. The number of anilines is 1. The summed E-state index contributed by atoms with van der Waals surface area (Å²) in [5, 5.41) is 0.981. The lowest BCUT2D eigenvalue weighted by Gasteiger charge is -2.39. The van der Waals surface area contributed by atoms with E-state index < -0.39 is 0 Å². The molecule has 8 nitrogen and oxygen atoms in total. The van der Waals surface area contributed by atoms with E-state index in [0.29, 0.717) is 12.7 Å². The third-order valence-corrected chi connectivity index (χ3v) is 7.76. The average molecular weight is 466 g/mol. The third-order valence-electron chi connectivity index (χ3n) is 6.72. The van der Waals surface area contributed by atoms with E-state index in [1.54, 1.807) is 17.5 Å². The molecule has 0 N–H and O–H groups in total. The summed E-state index contributed by atoms with van der Waals surface area (Å²) in [6.07, 6.45) is 3.78. The topological polar surface area (TPSA) is 71.0 Å². The Balaban J connectivity index is 1.04. The Morgan fingerprint density at radius 1 is 1.09 bits per heavy atom. The predicted octanol–water partition coefficient (Wildman–Crippen LogP) is 2.98. The molecule has 172 valence electrons. The van der Waals surface area contributed by atoms with Crippen LogP contribution in [0.3, 0.4) is 0 Å². The summed E-state index contributed by atoms with van der Waals surface area (Å²) in [4.78, 5) is 30.2. The molecule has 2 saturated heterocycles.